The minimum atomic E-state index is -1.02. The maximum atomic E-state index is 11.1. The van der Waals surface area contributed by atoms with Gasteiger partial charge in [-0.2, -0.15) is 0 Å². The summed E-state index contributed by atoms with van der Waals surface area (Å²) in [6.07, 6.45) is 0.131. The summed E-state index contributed by atoms with van der Waals surface area (Å²) in [6, 6.07) is -0.378. The first kappa shape index (κ1) is 13.2. The number of methoxy groups -OCH3 is 1. The number of carboxylic acid groups (broad SMARTS) is 1. The molecule has 0 aromatic carbocycles. The number of aliphatic hydroxyl groups is 1. The van der Waals surface area contributed by atoms with E-state index in [2.05, 4.69) is 0 Å². The molecule has 0 aliphatic heterocycles. The van der Waals surface area contributed by atoms with Crippen LogP contribution in [-0.4, -0.2) is 59.7 Å². The van der Waals surface area contributed by atoms with Crippen molar-refractivity contribution in [2.75, 3.05) is 20.3 Å². The van der Waals surface area contributed by atoms with Crippen LogP contribution < -0.4 is 5.73 Å². The molecule has 6 heteroatoms. The summed E-state index contributed by atoms with van der Waals surface area (Å²) in [5, 5.41) is 18.9. The highest BCUT2D eigenvalue weighted by Gasteiger charge is 2.34. The second-order valence-electron chi connectivity index (χ2n) is 4.18. The summed E-state index contributed by atoms with van der Waals surface area (Å²) in [5.41, 5.74) is 5.71. The molecule has 0 heterocycles. The van der Waals surface area contributed by atoms with Crippen molar-refractivity contribution >= 4 is 6.09 Å². The zero-order valence-corrected chi connectivity index (χ0v) is 9.50. The van der Waals surface area contributed by atoms with E-state index in [1.807, 2.05) is 0 Å². The Balaban J connectivity index is 2.59. The van der Waals surface area contributed by atoms with Crippen molar-refractivity contribution in [3.63, 3.8) is 0 Å². The molecule has 3 atom stereocenters. The predicted octanol–water partition coefficient (Wildman–Crippen LogP) is -0.146. The van der Waals surface area contributed by atoms with Crippen LogP contribution in [0.25, 0.3) is 0 Å². The van der Waals surface area contributed by atoms with Gasteiger partial charge in [0.25, 0.3) is 0 Å². The van der Waals surface area contributed by atoms with Gasteiger partial charge in [0.15, 0.2) is 0 Å². The number of hydrogen-bond acceptors (Lipinski definition) is 4. The lowest BCUT2D eigenvalue weighted by molar-refractivity contribution is 0.00948. The number of ether oxygens (including phenoxy) is 1. The summed E-state index contributed by atoms with van der Waals surface area (Å²) < 4.78 is 4.86. The third-order valence-corrected chi connectivity index (χ3v) is 3.00. The van der Waals surface area contributed by atoms with E-state index < -0.39 is 12.2 Å². The van der Waals surface area contributed by atoms with Crippen molar-refractivity contribution in [1.29, 1.82) is 0 Å². The van der Waals surface area contributed by atoms with Crippen LogP contribution in [0, 0.1) is 0 Å². The first-order valence-electron chi connectivity index (χ1n) is 5.48. The average molecular weight is 232 g/mol. The van der Waals surface area contributed by atoms with Gasteiger partial charge in [0.05, 0.1) is 18.8 Å². The van der Waals surface area contributed by atoms with Crippen LogP contribution in [0.4, 0.5) is 4.79 Å². The molecule has 0 unspecified atom stereocenters. The molecule has 0 radical (unpaired) electrons. The molecule has 1 saturated carbocycles. The Hall–Kier alpha value is -0.850. The van der Waals surface area contributed by atoms with Crippen molar-refractivity contribution in [1.82, 2.24) is 4.90 Å². The molecular formula is C10H20N2O4. The molecule has 16 heavy (non-hydrogen) atoms. The molecule has 6 nitrogen and oxygen atoms in total. The predicted molar refractivity (Wildman–Crippen MR) is 58.2 cm³/mol. The van der Waals surface area contributed by atoms with E-state index in [1.165, 1.54) is 12.0 Å². The highest BCUT2D eigenvalue weighted by molar-refractivity contribution is 5.65. The van der Waals surface area contributed by atoms with E-state index in [0.717, 1.165) is 6.42 Å². The van der Waals surface area contributed by atoms with Crippen molar-refractivity contribution in [3.8, 4) is 0 Å². The van der Waals surface area contributed by atoms with E-state index in [9.17, 15) is 9.90 Å². The first-order chi connectivity index (χ1) is 7.56. The standard InChI is InChI=1S/C10H20N2O4/c1-16-5-4-12(10(14)15)8-3-2-7(11)6-9(8)13/h7-9,13H,2-6,11H2,1H3,(H,14,15)/t7-,8-,9+/m0/s1. The normalized spacial score (nSPS) is 30.1. The second-order valence-corrected chi connectivity index (χ2v) is 4.18. The van der Waals surface area contributed by atoms with Crippen LogP contribution in [0.3, 0.4) is 0 Å². The van der Waals surface area contributed by atoms with E-state index in [0.29, 0.717) is 19.4 Å². The Labute approximate surface area is 95.0 Å². The Morgan fingerprint density at radius 2 is 2.25 bits per heavy atom. The van der Waals surface area contributed by atoms with Gasteiger partial charge in [0, 0.05) is 19.7 Å². The molecular weight excluding hydrogens is 212 g/mol. The molecule has 1 rings (SSSR count). The van der Waals surface area contributed by atoms with Gasteiger partial charge in [-0.05, 0) is 19.3 Å². The van der Waals surface area contributed by atoms with Gasteiger partial charge in [0.2, 0.25) is 0 Å². The Morgan fingerprint density at radius 1 is 1.56 bits per heavy atom. The van der Waals surface area contributed by atoms with Crippen LogP contribution in [0.5, 0.6) is 0 Å². The fraction of sp³-hybridized carbons (Fsp3) is 0.900. The average Bonchev–Trinajstić information content (AvgIpc) is 2.20. The Kier molecular flexibility index (Phi) is 4.98. The third-order valence-electron chi connectivity index (χ3n) is 3.00. The van der Waals surface area contributed by atoms with Gasteiger partial charge in [-0.25, -0.2) is 4.79 Å². The van der Waals surface area contributed by atoms with Gasteiger partial charge >= 0.3 is 6.09 Å². The van der Waals surface area contributed by atoms with Gasteiger partial charge in [-0.1, -0.05) is 0 Å². The molecule has 1 fully saturated rings. The largest absolute Gasteiger partial charge is 0.465 e. The summed E-state index contributed by atoms with van der Waals surface area (Å²) in [4.78, 5) is 12.3. The molecule has 94 valence electrons. The quantitative estimate of drug-likeness (QED) is 0.626. The maximum Gasteiger partial charge on any atom is 0.407 e. The molecule has 0 aromatic heterocycles. The van der Waals surface area contributed by atoms with E-state index in [4.69, 9.17) is 15.6 Å². The van der Waals surface area contributed by atoms with Crippen molar-refractivity contribution < 1.29 is 19.7 Å². The molecule has 1 amide bonds. The van der Waals surface area contributed by atoms with Gasteiger partial charge in [-0.15, -0.1) is 0 Å². The minimum Gasteiger partial charge on any atom is -0.465 e. The molecule has 0 bridgehead atoms. The number of rotatable bonds is 4. The third kappa shape index (κ3) is 3.33. The van der Waals surface area contributed by atoms with Gasteiger partial charge in [0.1, 0.15) is 0 Å². The van der Waals surface area contributed by atoms with E-state index >= 15 is 0 Å². The lowest BCUT2D eigenvalue weighted by Crippen LogP contribution is -2.52. The van der Waals surface area contributed by atoms with Crippen LogP contribution in [0.15, 0.2) is 0 Å². The SMILES string of the molecule is COCCN(C(=O)O)[C@H]1CC[C@H](N)C[C@H]1O. The summed E-state index contributed by atoms with van der Waals surface area (Å²) in [6.45, 7) is 0.615. The fourth-order valence-corrected chi connectivity index (χ4v) is 2.12. The molecule has 0 aromatic rings. The second kappa shape index (κ2) is 6.03. The monoisotopic (exact) mass is 232 g/mol. The van der Waals surface area contributed by atoms with Crippen LogP contribution >= 0.6 is 0 Å². The highest BCUT2D eigenvalue weighted by atomic mass is 16.5. The van der Waals surface area contributed by atoms with E-state index in [-0.39, 0.29) is 18.6 Å². The summed E-state index contributed by atoms with van der Waals surface area (Å²) in [5.74, 6) is 0. The number of aliphatic hydroxyl groups excluding tert-OH is 1. The summed E-state index contributed by atoms with van der Waals surface area (Å²) in [7, 11) is 1.52. The lowest BCUT2D eigenvalue weighted by Gasteiger charge is -2.37. The topological polar surface area (TPSA) is 96.0 Å². The zero-order valence-electron chi connectivity index (χ0n) is 9.50. The molecule has 0 spiro atoms. The van der Waals surface area contributed by atoms with Crippen LogP contribution in [0.2, 0.25) is 0 Å². The zero-order chi connectivity index (χ0) is 12.1. The fourth-order valence-electron chi connectivity index (χ4n) is 2.12. The number of hydrogen-bond donors (Lipinski definition) is 3. The van der Waals surface area contributed by atoms with E-state index in [1.54, 1.807) is 0 Å². The van der Waals surface area contributed by atoms with Crippen molar-refractivity contribution in [2.24, 2.45) is 5.73 Å². The number of nitrogens with zero attached hydrogens (tertiary/aromatic N) is 1. The van der Waals surface area contributed by atoms with Gasteiger partial charge in [-0.3, -0.25) is 0 Å². The van der Waals surface area contributed by atoms with Crippen LogP contribution in [0.1, 0.15) is 19.3 Å². The molecule has 1 aliphatic rings. The summed E-state index contributed by atoms with van der Waals surface area (Å²) >= 11 is 0. The number of nitrogens with two attached hydrogens (primary N) is 1. The Morgan fingerprint density at radius 3 is 2.75 bits per heavy atom. The number of carbonyl (C=O) groups is 1. The molecule has 4 N–H and O–H groups in total. The number of amides is 1. The van der Waals surface area contributed by atoms with Crippen LogP contribution in [-0.2, 0) is 4.74 Å². The van der Waals surface area contributed by atoms with Crippen molar-refractivity contribution in [2.45, 2.75) is 37.5 Å². The maximum absolute atomic E-state index is 11.1. The van der Waals surface area contributed by atoms with Gasteiger partial charge < -0.3 is 25.6 Å². The molecule has 1 aliphatic carbocycles. The smallest absolute Gasteiger partial charge is 0.407 e. The minimum absolute atomic E-state index is 0.0238. The lowest BCUT2D eigenvalue weighted by atomic mass is 9.88. The Bertz CT molecular complexity index is 237. The highest BCUT2D eigenvalue weighted by Crippen LogP contribution is 2.22. The molecule has 0 saturated heterocycles. The first-order valence-corrected chi connectivity index (χ1v) is 5.48. The van der Waals surface area contributed by atoms with Crippen molar-refractivity contribution in [3.05, 3.63) is 0 Å².